The molecular weight excluding hydrogens is 206 g/mol. The second-order valence-electron chi connectivity index (χ2n) is 3.09. The number of ether oxygens (including phenoxy) is 2. The Morgan fingerprint density at radius 2 is 2.31 bits per heavy atom. The van der Waals surface area contributed by atoms with Gasteiger partial charge >= 0.3 is 5.97 Å². The number of nitriles is 1. The van der Waals surface area contributed by atoms with E-state index in [-0.39, 0.29) is 6.61 Å². The second kappa shape index (κ2) is 5.76. The zero-order valence-electron chi connectivity index (χ0n) is 9.27. The number of hydrogen-bond acceptors (Lipinski definition) is 4. The first-order valence-electron chi connectivity index (χ1n) is 4.93. The summed E-state index contributed by atoms with van der Waals surface area (Å²) in [6, 6.07) is 8.77. The first-order valence-corrected chi connectivity index (χ1v) is 4.93. The van der Waals surface area contributed by atoms with Crippen LogP contribution in [-0.2, 0) is 9.53 Å². The van der Waals surface area contributed by atoms with E-state index in [1.54, 1.807) is 31.2 Å². The highest BCUT2D eigenvalue weighted by Gasteiger charge is 2.21. The number of hydrogen-bond donors (Lipinski definition) is 0. The van der Waals surface area contributed by atoms with Crippen LogP contribution in [0.15, 0.2) is 24.3 Å². The van der Waals surface area contributed by atoms with Gasteiger partial charge in [0.1, 0.15) is 5.75 Å². The minimum absolute atomic E-state index is 0.265. The lowest BCUT2D eigenvalue weighted by atomic mass is 10.0. The fraction of sp³-hybridized carbons (Fsp3) is 0.333. The molecule has 0 saturated heterocycles. The van der Waals surface area contributed by atoms with Crippen LogP contribution >= 0.6 is 0 Å². The molecule has 0 heterocycles. The maximum Gasteiger partial charge on any atom is 0.327 e. The largest absolute Gasteiger partial charge is 0.497 e. The quantitative estimate of drug-likeness (QED) is 0.725. The molecule has 0 aliphatic carbocycles. The predicted molar refractivity (Wildman–Crippen MR) is 58.0 cm³/mol. The molecule has 1 aromatic rings. The highest BCUT2D eigenvalue weighted by molar-refractivity contribution is 5.81. The molecule has 0 aromatic heterocycles. The van der Waals surface area contributed by atoms with Crippen molar-refractivity contribution >= 4 is 5.97 Å². The minimum Gasteiger partial charge on any atom is -0.497 e. The van der Waals surface area contributed by atoms with Gasteiger partial charge in [0.2, 0.25) is 0 Å². The summed E-state index contributed by atoms with van der Waals surface area (Å²) < 4.78 is 9.85. The van der Waals surface area contributed by atoms with Gasteiger partial charge in [-0.2, -0.15) is 5.26 Å². The van der Waals surface area contributed by atoms with Crippen molar-refractivity contribution in [3.05, 3.63) is 29.8 Å². The van der Waals surface area contributed by atoms with Gasteiger partial charge < -0.3 is 9.47 Å². The molecule has 0 N–H and O–H groups in total. The molecule has 84 valence electrons. The van der Waals surface area contributed by atoms with Crippen molar-refractivity contribution in [1.82, 2.24) is 0 Å². The molecule has 1 rings (SSSR count). The van der Waals surface area contributed by atoms with Crippen molar-refractivity contribution in [3.8, 4) is 11.8 Å². The van der Waals surface area contributed by atoms with Gasteiger partial charge in [-0.25, -0.2) is 0 Å². The van der Waals surface area contributed by atoms with Crippen LogP contribution in [0.1, 0.15) is 18.4 Å². The standard InChI is InChI=1S/C12H13NO3/c1-3-16-12(14)11(8-13)9-5-4-6-10(7-9)15-2/h4-7,11H,3H2,1-2H3/t11-/m0/s1. The molecule has 0 radical (unpaired) electrons. The van der Waals surface area contributed by atoms with Gasteiger partial charge in [-0.3, -0.25) is 4.79 Å². The van der Waals surface area contributed by atoms with Gasteiger partial charge in [0, 0.05) is 0 Å². The van der Waals surface area contributed by atoms with Crippen LogP contribution in [0.25, 0.3) is 0 Å². The molecule has 0 saturated carbocycles. The van der Waals surface area contributed by atoms with E-state index in [1.807, 2.05) is 6.07 Å². The fourth-order valence-corrected chi connectivity index (χ4v) is 1.31. The molecule has 0 aliphatic heterocycles. The lowest BCUT2D eigenvalue weighted by Gasteiger charge is -2.09. The van der Waals surface area contributed by atoms with Crippen molar-refractivity contribution < 1.29 is 14.3 Å². The molecule has 0 bridgehead atoms. The van der Waals surface area contributed by atoms with Crippen molar-refractivity contribution in [1.29, 1.82) is 5.26 Å². The first-order chi connectivity index (χ1) is 7.72. The molecule has 4 nitrogen and oxygen atoms in total. The summed E-state index contributed by atoms with van der Waals surface area (Å²) in [7, 11) is 1.53. The number of rotatable bonds is 4. The van der Waals surface area contributed by atoms with E-state index in [2.05, 4.69) is 0 Å². The molecule has 0 fully saturated rings. The Hall–Kier alpha value is -2.02. The number of carbonyl (C=O) groups is 1. The Labute approximate surface area is 94.4 Å². The van der Waals surface area contributed by atoms with Crippen LogP contribution in [0.2, 0.25) is 0 Å². The Bertz CT molecular complexity index is 409. The van der Waals surface area contributed by atoms with Gasteiger partial charge in [0.25, 0.3) is 0 Å². The van der Waals surface area contributed by atoms with E-state index in [1.165, 1.54) is 7.11 Å². The Morgan fingerprint density at radius 1 is 1.56 bits per heavy atom. The van der Waals surface area contributed by atoms with Crippen LogP contribution in [0.3, 0.4) is 0 Å². The molecule has 0 amide bonds. The van der Waals surface area contributed by atoms with Crippen LogP contribution in [-0.4, -0.2) is 19.7 Å². The van der Waals surface area contributed by atoms with Crippen molar-refractivity contribution in [2.45, 2.75) is 12.8 Å². The lowest BCUT2D eigenvalue weighted by molar-refractivity contribution is -0.143. The molecule has 16 heavy (non-hydrogen) atoms. The van der Waals surface area contributed by atoms with E-state index in [9.17, 15) is 4.79 Å². The summed E-state index contributed by atoms with van der Waals surface area (Å²) in [5, 5.41) is 8.95. The highest BCUT2D eigenvalue weighted by Crippen LogP contribution is 2.21. The molecule has 1 atom stereocenters. The first kappa shape index (κ1) is 12.1. The van der Waals surface area contributed by atoms with E-state index in [0.717, 1.165) is 0 Å². The maximum absolute atomic E-state index is 11.5. The average Bonchev–Trinajstić information content (AvgIpc) is 2.31. The van der Waals surface area contributed by atoms with E-state index in [0.29, 0.717) is 11.3 Å². The predicted octanol–water partition coefficient (Wildman–Crippen LogP) is 1.87. The third-order valence-corrected chi connectivity index (χ3v) is 2.08. The second-order valence-corrected chi connectivity index (χ2v) is 3.09. The molecule has 0 spiro atoms. The van der Waals surface area contributed by atoms with Crippen molar-refractivity contribution in [3.63, 3.8) is 0 Å². The third-order valence-electron chi connectivity index (χ3n) is 2.08. The van der Waals surface area contributed by atoms with Crippen LogP contribution < -0.4 is 4.74 Å². The molecule has 0 aliphatic rings. The minimum atomic E-state index is -0.893. The number of esters is 1. The van der Waals surface area contributed by atoms with Gasteiger partial charge in [0.15, 0.2) is 5.92 Å². The van der Waals surface area contributed by atoms with Gasteiger partial charge in [-0.05, 0) is 24.6 Å². The summed E-state index contributed by atoms with van der Waals surface area (Å²) in [6.07, 6.45) is 0. The van der Waals surface area contributed by atoms with E-state index in [4.69, 9.17) is 14.7 Å². The summed E-state index contributed by atoms with van der Waals surface area (Å²) >= 11 is 0. The van der Waals surface area contributed by atoms with Gasteiger partial charge in [-0.1, -0.05) is 12.1 Å². The highest BCUT2D eigenvalue weighted by atomic mass is 16.5. The molecule has 1 aromatic carbocycles. The number of nitrogens with zero attached hydrogens (tertiary/aromatic N) is 1. The normalized spacial score (nSPS) is 11.3. The molecular formula is C12H13NO3. The summed E-state index contributed by atoms with van der Waals surface area (Å²) in [5.74, 6) is -0.810. The van der Waals surface area contributed by atoms with E-state index >= 15 is 0 Å². The monoisotopic (exact) mass is 219 g/mol. The van der Waals surface area contributed by atoms with Crippen LogP contribution in [0.4, 0.5) is 0 Å². The zero-order valence-corrected chi connectivity index (χ0v) is 9.27. The smallest absolute Gasteiger partial charge is 0.327 e. The van der Waals surface area contributed by atoms with Crippen molar-refractivity contribution in [2.24, 2.45) is 0 Å². The summed E-state index contributed by atoms with van der Waals surface area (Å²) in [6.45, 7) is 1.97. The Balaban J connectivity index is 2.95. The average molecular weight is 219 g/mol. The third kappa shape index (κ3) is 2.74. The lowest BCUT2D eigenvalue weighted by Crippen LogP contribution is -2.14. The van der Waals surface area contributed by atoms with Crippen LogP contribution in [0.5, 0.6) is 5.75 Å². The topological polar surface area (TPSA) is 59.3 Å². The Morgan fingerprint density at radius 3 is 2.88 bits per heavy atom. The number of benzene rings is 1. The maximum atomic E-state index is 11.5. The summed E-state index contributed by atoms with van der Waals surface area (Å²) in [5.41, 5.74) is 0.584. The Kier molecular flexibility index (Phi) is 4.34. The molecule has 0 unspecified atom stereocenters. The van der Waals surface area contributed by atoms with Gasteiger partial charge in [0.05, 0.1) is 19.8 Å². The number of methoxy groups -OCH3 is 1. The number of carbonyl (C=O) groups excluding carboxylic acids is 1. The summed E-state index contributed by atoms with van der Waals surface area (Å²) in [4.78, 5) is 11.5. The van der Waals surface area contributed by atoms with E-state index < -0.39 is 11.9 Å². The SMILES string of the molecule is CCOC(=O)[C@@H](C#N)c1cccc(OC)c1. The van der Waals surface area contributed by atoms with Gasteiger partial charge in [-0.15, -0.1) is 0 Å². The zero-order chi connectivity index (χ0) is 12.0. The van der Waals surface area contributed by atoms with Crippen LogP contribution in [0, 0.1) is 11.3 Å². The van der Waals surface area contributed by atoms with Crippen molar-refractivity contribution in [2.75, 3.05) is 13.7 Å². The fourth-order valence-electron chi connectivity index (χ4n) is 1.31. The molecule has 4 heteroatoms.